The van der Waals surface area contributed by atoms with Crippen LogP contribution in [0.1, 0.15) is 58.2 Å². The minimum absolute atomic E-state index is 0.0776. The first-order chi connectivity index (χ1) is 12.6. The predicted octanol–water partition coefficient (Wildman–Crippen LogP) is 3.31. The van der Waals surface area contributed by atoms with E-state index in [9.17, 15) is 4.79 Å². The highest BCUT2D eigenvalue weighted by molar-refractivity contribution is 5.68. The van der Waals surface area contributed by atoms with Crippen molar-refractivity contribution in [3.63, 3.8) is 0 Å². The Hall–Kier alpha value is -1.69. The van der Waals surface area contributed by atoms with Crippen molar-refractivity contribution in [1.82, 2.24) is 14.9 Å². The minimum Gasteiger partial charge on any atom is -0.447 e. The van der Waals surface area contributed by atoms with Crippen LogP contribution >= 0.6 is 0 Å². The van der Waals surface area contributed by atoms with Crippen LogP contribution in [-0.4, -0.2) is 52.4 Å². The Morgan fingerprint density at radius 3 is 2.88 bits per heavy atom. The average Bonchev–Trinajstić information content (AvgIpc) is 3.18. The van der Waals surface area contributed by atoms with E-state index in [1.165, 1.54) is 6.42 Å². The van der Waals surface area contributed by atoms with Crippen LogP contribution in [0.3, 0.4) is 0 Å². The summed E-state index contributed by atoms with van der Waals surface area (Å²) < 4.78 is 11.6. The van der Waals surface area contributed by atoms with Gasteiger partial charge in [-0.05, 0) is 64.4 Å². The van der Waals surface area contributed by atoms with Gasteiger partial charge in [-0.3, -0.25) is 0 Å². The Bertz CT molecular complexity index is 638. The summed E-state index contributed by atoms with van der Waals surface area (Å²) in [5, 5.41) is 0. The van der Waals surface area contributed by atoms with Gasteiger partial charge in [-0.1, -0.05) is 0 Å². The number of hydrogen-bond acceptors (Lipinski definition) is 5. The summed E-state index contributed by atoms with van der Waals surface area (Å²) in [7, 11) is 0. The molecule has 0 aromatic carbocycles. The molecule has 1 saturated heterocycles. The van der Waals surface area contributed by atoms with Crippen LogP contribution in [0.15, 0.2) is 18.5 Å². The Morgan fingerprint density at radius 1 is 1.35 bits per heavy atom. The summed E-state index contributed by atoms with van der Waals surface area (Å²) >= 11 is 0. The van der Waals surface area contributed by atoms with Gasteiger partial charge in [-0.15, -0.1) is 0 Å². The molecule has 1 aliphatic heterocycles. The molecule has 142 valence electrons. The highest BCUT2D eigenvalue weighted by atomic mass is 16.6. The lowest BCUT2D eigenvalue weighted by Crippen LogP contribution is -2.40. The molecule has 0 N–H and O–H groups in total. The second-order valence-corrected chi connectivity index (χ2v) is 8.28. The monoisotopic (exact) mass is 359 g/mol. The normalized spacial score (nSPS) is 33.2. The summed E-state index contributed by atoms with van der Waals surface area (Å²) in [6.07, 6.45) is 10.2. The maximum atomic E-state index is 12.2. The Morgan fingerprint density at radius 2 is 2.15 bits per heavy atom. The Labute approximate surface area is 155 Å². The van der Waals surface area contributed by atoms with Crippen molar-refractivity contribution < 1.29 is 14.3 Å². The average molecular weight is 359 g/mol. The van der Waals surface area contributed by atoms with E-state index in [2.05, 4.69) is 9.97 Å². The molecule has 2 heterocycles. The molecule has 1 aromatic rings. The molecule has 26 heavy (non-hydrogen) atoms. The van der Waals surface area contributed by atoms with Crippen molar-refractivity contribution >= 4 is 6.09 Å². The van der Waals surface area contributed by atoms with Crippen LogP contribution in [0.4, 0.5) is 4.79 Å². The lowest BCUT2D eigenvalue weighted by Gasteiger charge is -2.30. The van der Waals surface area contributed by atoms with E-state index in [4.69, 9.17) is 9.47 Å². The van der Waals surface area contributed by atoms with Crippen molar-refractivity contribution in [3.05, 3.63) is 24.3 Å². The van der Waals surface area contributed by atoms with Crippen molar-refractivity contribution in [2.24, 2.45) is 5.92 Å². The first kappa shape index (κ1) is 17.7. The largest absolute Gasteiger partial charge is 0.447 e. The van der Waals surface area contributed by atoms with E-state index in [1.54, 1.807) is 0 Å². The van der Waals surface area contributed by atoms with Crippen LogP contribution in [-0.2, 0) is 14.9 Å². The summed E-state index contributed by atoms with van der Waals surface area (Å²) in [4.78, 5) is 23.0. The number of hydrogen-bond donors (Lipinski definition) is 0. The predicted molar refractivity (Wildman–Crippen MR) is 96.8 cm³/mol. The number of nitrogens with zero attached hydrogens (tertiary/aromatic N) is 3. The molecule has 0 spiro atoms. The van der Waals surface area contributed by atoms with Gasteiger partial charge in [0.1, 0.15) is 5.82 Å². The van der Waals surface area contributed by atoms with Gasteiger partial charge in [0.15, 0.2) is 0 Å². The third kappa shape index (κ3) is 3.43. The molecule has 3 aliphatic rings. The topological polar surface area (TPSA) is 64.5 Å². The van der Waals surface area contributed by atoms with Crippen LogP contribution in [0.25, 0.3) is 0 Å². The number of aromatic nitrogens is 2. The zero-order valence-corrected chi connectivity index (χ0v) is 15.8. The number of ether oxygens (including phenoxy) is 2. The zero-order chi connectivity index (χ0) is 18.1. The van der Waals surface area contributed by atoms with Crippen LogP contribution < -0.4 is 0 Å². The number of likely N-dealkylation sites (tertiary alicyclic amines) is 1. The van der Waals surface area contributed by atoms with Gasteiger partial charge in [0.2, 0.25) is 0 Å². The SMILES string of the molecule is CC(C)OC(=O)N1CCCC1CO[C@H]1CC[C@@]2(c3ncccn3)C[C@H]2C1. The summed E-state index contributed by atoms with van der Waals surface area (Å²) in [5.74, 6) is 1.66. The Balaban J connectivity index is 1.27. The fourth-order valence-electron chi connectivity index (χ4n) is 4.71. The molecule has 1 unspecified atom stereocenters. The molecule has 4 atom stereocenters. The highest BCUT2D eigenvalue weighted by Gasteiger charge is 2.59. The Kier molecular flexibility index (Phi) is 4.86. The number of carbonyl (C=O) groups is 1. The smallest absolute Gasteiger partial charge is 0.410 e. The van der Waals surface area contributed by atoms with Gasteiger partial charge in [-0.25, -0.2) is 14.8 Å². The fourth-order valence-corrected chi connectivity index (χ4v) is 4.71. The maximum Gasteiger partial charge on any atom is 0.410 e. The van der Waals surface area contributed by atoms with E-state index in [0.717, 1.165) is 44.5 Å². The van der Waals surface area contributed by atoms with E-state index >= 15 is 0 Å². The van der Waals surface area contributed by atoms with Crippen molar-refractivity contribution in [2.45, 2.75) is 76.0 Å². The van der Waals surface area contributed by atoms with Crippen molar-refractivity contribution in [3.8, 4) is 0 Å². The van der Waals surface area contributed by atoms with Gasteiger partial charge in [0.05, 0.1) is 24.9 Å². The van der Waals surface area contributed by atoms with E-state index in [1.807, 2.05) is 37.2 Å². The van der Waals surface area contributed by atoms with Crippen molar-refractivity contribution in [2.75, 3.05) is 13.2 Å². The lowest BCUT2D eigenvalue weighted by molar-refractivity contribution is -0.00800. The maximum absolute atomic E-state index is 12.2. The lowest BCUT2D eigenvalue weighted by atomic mass is 9.86. The fraction of sp³-hybridized carbons (Fsp3) is 0.750. The van der Waals surface area contributed by atoms with Gasteiger partial charge in [0.25, 0.3) is 0 Å². The standard InChI is InChI=1S/C20H29N3O3/c1-14(2)26-19(24)23-10-3-5-16(23)13-25-17-6-7-20(12-15(20)11-17)18-21-8-4-9-22-18/h4,8-9,14-17H,3,5-7,10-13H2,1-2H3/t15-,16?,17+,20-/m1/s1. The number of amides is 1. The molecule has 1 aromatic heterocycles. The van der Waals surface area contributed by atoms with Crippen LogP contribution in [0, 0.1) is 5.92 Å². The molecule has 4 rings (SSSR count). The first-order valence-corrected chi connectivity index (χ1v) is 9.95. The van der Waals surface area contributed by atoms with E-state index in [-0.39, 0.29) is 23.7 Å². The number of rotatable bonds is 5. The molecular formula is C20H29N3O3. The molecular weight excluding hydrogens is 330 g/mol. The third-order valence-electron chi connectivity index (χ3n) is 6.18. The molecule has 6 heteroatoms. The minimum atomic E-state index is -0.197. The summed E-state index contributed by atoms with van der Waals surface area (Å²) in [6.45, 7) is 5.18. The first-order valence-electron chi connectivity index (χ1n) is 9.95. The molecule has 1 amide bonds. The highest BCUT2D eigenvalue weighted by Crippen LogP contribution is 2.61. The van der Waals surface area contributed by atoms with Crippen molar-refractivity contribution in [1.29, 1.82) is 0 Å². The second kappa shape index (κ2) is 7.14. The van der Waals surface area contributed by atoms with Gasteiger partial charge >= 0.3 is 6.09 Å². The molecule has 2 saturated carbocycles. The molecule has 2 aliphatic carbocycles. The molecule has 3 fully saturated rings. The number of fused-ring (bicyclic) bond motifs is 1. The molecule has 6 nitrogen and oxygen atoms in total. The molecule has 0 radical (unpaired) electrons. The van der Waals surface area contributed by atoms with Gasteiger partial charge in [0, 0.05) is 24.4 Å². The quantitative estimate of drug-likeness (QED) is 0.807. The summed E-state index contributed by atoms with van der Waals surface area (Å²) in [5.41, 5.74) is 0.210. The molecule has 0 bridgehead atoms. The summed E-state index contributed by atoms with van der Waals surface area (Å²) in [6, 6.07) is 2.04. The third-order valence-corrected chi connectivity index (χ3v) is 6.18. The van der Waals surface area contributed by atoms with Gasteiger partial charge in [-0.2, -0.15) is 0 Å². The van der Waals surface area contributed by atoms with Crippen LogP contribution in [0.2, 0.25) is 0 Å². The van der Waals surface area contributed by atoms with E-state index in [0.29, 0.717) is 18.6 Å². The number of carbonyl (C=O) groups excluding carboxylic acids is 1. The van der Waals surface area contributed by atoms with Crippen LogP contribution in [0.5, 0.6) is 0 Å². The zero-order valence-electron chi connectivity index (χ0n) is 15.8. The van der Waals surface area contributed by atoms with Gasteiger partial charge < -0.3 is 14.4 Å². The van der Waals surface area contributed by atoms with E-state index < -0.39 is 0 Å². The second-order valence-electron chi connectivity index (χ2n) is 8.28.